The van der Waals surface area contributed by atoms with Crippen molar-refractivity contribution in [3.05, 3.63) is 28.1 Å². The molecule has 0 saturated heterocycles. The molecule has 2 aliphatic rings. The van der Waals surface area contributed by atoms with E-state index in [2.05, 4.69) is 4.98 Å². The lowest BCUT2D eigenvalue weighted by molar-refractivity contribution is 0.292. The molecule has 0 radical (unpaired) electrons. The van der Waals surface area contributed by atoms with Gasteiger partial charge in [0.1, 0.15) is 4.70 Å². The Hall–Kier alpha value is -1.16. The van der Waals surface area contributed by atoms with E-state index in [1.54, 1.807) is 6.33 Å². The highest BCUT2D eigenvalue weighted by molar-refractivity contribution is 7.17. The summed E-state index contributed by atoms with van der Waals surface area (Å²) in [6.45, 7) is 0.876. The molecule has 0 aromatic carbocycles. The molecule has 2 aromatic heterocycles. The lowest BCUT2D eigenvalue weighted by Gasteiger charge is -2.22. The molecule has 3 unspecified atom stereocenters. The molecule has 2 aromatic rings. The van der Waals surface area contributed by atoms with Gasteiger partial charge in [-0.1, -0.05) is 6.42 Å². The van der Waals surface area contributed by atoms with Gasteiger partial charge in [-0.05, 0) is 48.5 Å². The number of hydrogen-bond donors (Lipinski definition) is 0. The molecular weight excluding hydrogens is 244 g/mol. The summed E-state index contributed by atoms with van der Waals surface area (Å²) in [5.74, 6) is 2.51. The molecule has 2 heterocycles. The van der Waals surface area contributed by atoms with E-state index in [-0.39, 0.29) is 5.56 Å². The van der Waals surface area contributed by atoms with Crippen LogP contribution in [0.4, 0.5) is 0 Å². The maximum atomic E-state index is 12.3. The Morgan fingerprint density at radius 1 is 1.39 bits per heavy atom. The van der Waals surface area contributed by atoms with Crippen molar-refractivity contribution in [1.29, 1.82) is 0 Å². The second kappa shape index (κ2) is 3.92. The number of fused-ring (bicyclic) bond motifs is 3. The highest BCUT2D eigenvalue weighted by Gasteiger charge is 2.39. The molecular formula is C14H16N2OS. The van der Waals surface area contributed by atoms with Crippen molar-refractivity contribution in [2.24, 2.45) is 17.8 Å². The van der Waals surface area contributed by atoms with Crippen LogP contribution >= 0.6 is 11.3 Å². The second-order valence-electron chi connectivity index (χ2n) is 5.77. The van der Waals surface area contributed by atoms with Crippen molar-refractivity contribution >= 4 is 21.6 Å². The fourth-order valence-corrected chi connectivity index (χ4v) is 4.65. The molecule has 2 bridgehead atoms. The zero-order valence-corrected chi connectivity index (χ0v) is 11.0. The van der Waals surface area contributed by atoms with Crippen molar-refractivity contribution < 1.29 is 0 Å². The smallest absolute Gasteiger partial charge is 0.271 e. The highest BCUT2D eigenvalue weighted by atomic mass is 32.1. The molecule has 2 aliphatic carbocycles. The minimum absolute atomic E-state index is 0.151. The second-order valence-corrected chi connectivity index (χ2v) is 6.69. The Morgan fingerprint density at radius 2 is 2.33 bits per heavy atom. The number of aromatic nitrogens is 2. The van der Waals surface area contributed by atoms with Gasteiger partial charge >= 0.3 is 0 Å². The van der Waals surface area contributed by atoms with E-state index in [1.165, 1.54) is 37.0 Å². The summed E-state index contributed by atoms with van der Waals surface area (Å²) < 4.78 is 2.64. The summed E-state index contributed by atoms with van der Waals surface area (Å²) in [4.78, 5) is 16.7. The van der Waals surface area contributed by atoms with Gasteiger partial charge in [-0.3, -0.25) is 9.36 Å². The van der Waals surface area contributed by atoms with Gasteiger partial charge in [-0.25, -0.2) is 4.98 Å². The SMILES string of the molecule is O=c1c2sccc2ncn1CC1CC2CCC1C2. The maximum Gasteiger partial charge on any atom is 0.271 e. The Labute approximate surface area is 109 Å². The van der Waals surface area contributed by atoms with E-state index in [4.69, 9.17) is 0 Å². The lowest BCUT2D eigenvalue weighted by atomic mass is 9.89. The van der Waals surface area contributed by atoms with Gasteiger partial charge in [0.2, 0.25) is 0 Å². The van der Waals surface area contributed by atoms with Crippen LogP contribution in [0.3, 0.4) is 0 Å². The van der Waals surface area contributed by atoms with Crippen LogP contribution in [0.25, 0.3) is 10.2 Å². The zero-order chi connectivity index (χ0) is 12.1. The molecule has 4 rings (SSSR count). The molecule has 2 saturated carbocycles. The van der Waals surface area contributed by atoms with E-state index < -0.39 is 0 Å². The Morgan fingerprint density at radius 3 is 3.11 bits per heavy atom. The summed E-state index contributed by atoms with van der Waals surface area (Å²) in [7, 11) is 0. The number of hydrogen-bond acceptors (Lipinski definition) is 3. The summed E-state index contributed by atoms with van der Waals surface area (Å²) >= 11 is 1.51. The average molecular weight is 260 g/mol. The molecule has 0 N–H and O–H groups in total. The molecule has 3 atom stereocenters. The molecule has 0 aliphatic heterocycles. The van der Waals surface area contributed by atoms with Gasteiger partial charge in [-0.2, -0.15) is 0 Å². The monoisotopic (exact) mass is 260 g/mol. The first-order chi connectivity index (χ1) is 8.81. The predicted octanol–water partition coefficient (Wildman–Crippen LogP) is 2.89. The number of nitrogens with zero attached hydrogens (tertiary/aromatic N) is 2. The summed E-state index contributed by atoms with van der Waals surface area (Å²) in [6, 6.07) is 1.92. The van der Waals surface area contributed by atoms with Crippen molar-refractivity contribution in [2.45, 2.75) is 32.2 Å². The van der Waals surface area contributed by atoms with Crippen LogP contribution in [0.5, 0.6) is 0 Å². The van der Waals surface area contributed by atoms with Gasteiger partial charge in [0.05, 0.1) is 11.8 Å². The fraction of sp³-hybridized carbons (Fsp3) is 0.571. The van der Waals surface area contributed by atoms with Crippen molar-refractivity contribution in [3.8, 4) is 0 Å². The molecule has 94 valence electrons. The molecule has 3 nitrogen and oxygen atoms in total. The van der Waals surface area contributed by atoms with E-state index in [0.717, 1.165) is 28.6 Å². The quantitative estimate of drug-likeness (QED) is 0.832. The Bertz CT molecular complexity index is 645. The lowest BCUT2D eigenvalue weighted by Crippen LogP contribution is -2.26. The molecule has 0 amide bonds. The summed E-state index contributed by atoms with van der Waals surface area (Å²) in [5.41, 5.74) is 0.993. The van der Waals surface area contributed by atoms with Crippen LogP contribution in [0.2, 0.25) is 0 Å². The summed E-state index contributed by atoms with van der Waals surface area (Å²) in [6.07, 6.45) is 7.24. The van der Waals surface area contributed by atoms with E-state index in [9.17, 15) is 4.79 Å². The van der Waals surface area contributed by atoms with Crippen LogP contribution in [0.1, 0.15) is 25.7 Å². The maximum absolute atomic E-state index is 12.3. The fourth-order valence-electron chi connectivity index (χ4n) is 3.86. The van der Waals surface area contributed by atoms with E-state index >= 15 is 0 Å². The molecule has 0 spiro atoms. The van der Waals surface area contributed by atoms with Gasteiger partial charge in [0.25, 0.3) is 5.56 Å². The van der Waals surface area contributed by atoms with Crippen LogP contribution < -0.4 is 5.56 Å². The van der Waals surface area contributed by atoms with Crippen molar-refractivity contribution in [1.82, 2.24) is 9.55 Å². The first kappa shape index (κ1) is 10.7. The van der Waals surface area contributed by atoms with Gasteiger partial charge in [0, 0.05) is 6.54 Å². The van der Waals surface area contributed by atoms with E-state index in [0.29, 0.717) is 5.92 Å². The zero-order valence-electron chi connectivity index (χ0n) is 10.2. The van der Waals surface area contributed by atoms with Crippen LogP contribution in [-0.2, 0) is 6.54 Å². The first-order valence-corrected chi connectivity index (χ1v) is 7.62. The van der Waals surface area contributed by atoms with Crippen LogP contribution in [0, 0.1) is 17.8 Å². The van der Waals surface area contributed by atoms with Crippen LogP contribution in [0.15, 0.2) is 22.6 Å². The third-order valence-corrected chi connectivity index (χ3v) is 5.64. The molecule has 4 heteroatoms. The molecule has 18 heavy (non-hydrogen) atoms. The van der Waals surface area contributed by atoms with Gasteiger partial charge in [-0.15, -0.1) is 11.3 Å². The van der Waals surface area contributed by atoms with Crippen molar-refractivity contribution in [3.63, 3.8) is 0 Å². The minimum atomic E-state index is 0.151. The van der Waals surface area contributed by atoms with Gasteiger partial charge < -0.3 is 0 Å². The molecule has 2 fully saturated rings. The Balaban J connectivity index is 1.67. The minimum Gasteiger partial charge on any atom is -0.298 e. The first-order valence-electron chi connectivity index (χ1n) is 6.74. The Kier molecular flexibility index (Phi) is 2.34. The average Bonchev–Trinajstić information content (AvgIpc) is 3.07. The van der Waals surface area contributed by atoms with Gasteiger partial charge in [0.15, 0.2) is 0 Å². The standard InChI is InChI=1S/C14H16N2OS/c17-14-13-12(3-4-18-13)15-8-16(14)7-11-6-9-1-2-10(11)5-9/h3-4,8-11H,1-2,5-7H2. The number of rotatable bonds is 2. The van der Waals surface area contributed by atoms with Crippen molar-refractivity contribution in [2.75, 3.05) is 0 Å². The largest absolute Gasteiger partial charge is 0.298 e. The summed E-state index contributed by atoms with van der Waals surface area (Å²) in [5, 5.41) is 1.95. The number of thiophene rings is 1. The highest BCUT2D eigenvalue weighted by Crippen LogP contribution is 2.48. The third-order valence-electron chi connectivity index (χ3n) is 4.75. The normalized spacial score (nSPS) is 30.3. The predicted molar refractivity (Wildman–Crippen MR) is 72.8 cm³/mol. The third kappa shape index (κ3) is 1.55. The van der Waals surface area contributed by atoms with Crippen LogP contribution in [-0.4, -0.2) is 9.55 Å². The topological polar surface area (TPSA) is 34.9 Å². The van der Waals surface area contributed by atoms with E-state index in [1.807, 2.05) is 16.0 Å².